The molecule has 3 heterocycles. The molecule has 6 rings (SSSR count). The second kappa shape index (κ2) is 23.6. The zero-order valence-electron chi connectivity index (χ0n) is 36.1. The number of sulfonamides is 3. The fourth-order valence-corrected chi connectivity index (χ4v) is 10.0. The molecule has 0 unspecified atom stereocenters. The molecular formula is C33H37Cl3F6N12O14S4. The van der Waals surface area contributed by atoms with Gasteiger partial charge in [-0.2, -0.15) is 15.3 Å². The summed E-state index contributed by atoms with van der Waals surface area (Å²) in [6.07, 6.45) is -4.29. The molecule has 0 aliphatic heterocycles. The van der Waals surface area contributed by atoms with Gasteiger partial charge in [0.2, 0.25) is 30.1 Å². The van der Waals surface area contributed by atoms with Gasteiger partial charge in [0, 0.05) is 30.7 Å². The van der Waals surface area contributed by atoms with Gasteiger partial charge in [0.25, 0.3) is 36.3 Å². The third kappa shape index (κ3) is 16.0. The first-order valence-electron chi connectivity index (χ1n) is 18.2. The molecule has 0 fully saturated rings. The summed E-state index contributed by atoms with van der Waals surface area (Å²) in [6, 6.07) is 6.56. The molecule has 0 aliphatic rings. The van der Waals surface area contributed by atoms with Gasteiger partial charge in [-0.1, -0.05) is 42.2 Å². The Labute approximate surface area is 417 Å². The van der Waals surface area contributed by atoms with Crippen molar-refractivity contribution in [3.05, 3.63) is 81.8 Å². The summed E-state index contributed by atoms with van der Waals surface area (Å²) in [5.74, 6) is -1.27. The summed E-state index contributed by atoms with van der Waals surface area (Å²) >= 11 is 17.7. The molecule has 0 aliphatic carbocycles. The molecule has 6 aromatic rings. The van der Waals surface area contributed by atoms with Crippen LogP contribution in [0.25, 0.3) is 32.7 Å². The highest BCUT2D eigenvalue weighted by Crippen LogP contribution is 2.41. The van der Waals surface area contributed by atoms with Gasteiger partial charge in [-0.3, -0.25) is 35.1 Å². The lowest BCUT2D eigenvalue weighted by atomic mass is 10.2. The average molecular weight is 1170 g/mol. The summed E-state index contributed by atoms with van der Waals surface area (Å²) in [5.41, 5.74) is 3.10. The number of sulfone groups is 1. The molecular weight excluding hydrogens is 1140 g/mol. The van der Waals surface area contributed by atoms with Crippen LogP contribution < -0.4 is 14.2 Å². The Kier molecular flexibility index (Phi) is 20.4. The first kappa shape index (κ1) is 62.0. The smallest absolute Gasteiger partial charge is 0.295 e. The number of anilines is 3. The molecule has 0 atom stereocenters. The maximum Gasteiger partial charge on any atom is 0.295 e. The van der Waals surface area contributed by atoms with E-state index in [1.54, 1.807) is 0 Å². The lowest BCUT2D eigenvalue weighted by Gasteiger charge is -2.17. The summed E-state index contributed by atoms with van der Waals surface area (Å²) in [7, 11) is -15.4. The molecule has 3 N–H and O–H groups in total. The molecule has 72 heavy (non-hydrogen) atoms. The number of fused-ring (bicyclic) bond motifs is 3. The second-order valence-corrected chi connectivity index (χ2v) is 23.3. The lowest BCUT2D eigenvalue weighted by Crippen LogP contribution is -2.35. The van der Waals surface area contributed by atoms with E-state index in [2.05, 4.69) is 15.3 Å². The van der Waals surface area contributed by atoms with Crippen LogP contribution in [0.1, 0.15) is 7.43 Å². The van der Waals surface area contributed by atoms with Crippen molar-refractivity contribution in [1.82, 2.24) is 29.3 Å². The van der Waals surface area contributed by atoms with Crippen LogP contribution in [0.15, 0.2) is 36.4 Å². The van der Waals surface area contributed by atoms with E-state index in [4.69, 9.17) is 40.5 Å². The number of nitro benzene ring substituents is 3. The summed E-state index contributed by atoms with van der Waals surface area (Å²) in [5, 5.41) is 43.4. The van der Waals surface area contributed by atoms with Crippen molar-refractivity contribution in [2.45, 2.75) is 46.3 Å². The molecule has 39 heteroatoms. The van der Waals surface area contributed by atoms with Crippen LogP contribution in [0.4, 0.5) is 60.9 Å². The highest BCUT2D eigenvalue weighted by atomic mass is 35.5. The molecule has 0 saturated carbocycles. The molecule has 0 amide bonds. The number of nitrogens with one attached hydrogen (secondary N) is 1. The first-order chi connectivity index (χ1) is 32.3. The molecule has 26 nitrogen and oxygen atoms in total. The fourth-order valence-electron chi connectivity index (χ4n) is 5.96. The van der Waals surface area contributed by atoms with E-state index in [-0.39, 0.29) is 65.3 Å². The van der Waals surface area contributed by atoms with Gasteiger partial charge in [-0.05, 0) is 18.2 Å². The number of nitro groups is 3. The molecule has 0 bridgehead atoms. The van der Waals surface area contributed by atoms with Crippen LogP contribution in [0, 0.1) is 30.3 Å². The third-order valence-electron chi connectivity index (χ3n) is 8.05. The number of nitrogens with two attached hydrogens (primary N) is 1. The van der Waals surface area contributed by atoms with Crippen molar-refractivity contribution in [3.8, 4) is 0 Å². The van der Waals surface area contributed by atoms with E-state index >= 15 is 0 Å². The zero-order chi connectivity index (χ0) is 54.6. The van der Waals surface area contributed by atoms with Crippen LogP contribution >= 0.6 is 34.8 Å². The Morgan fingerprint density at radius 2 is 0.889 bits per heavy atom. The maximum absolute atomic E-state index is 12.8. The van der Waals surface area contributed by atoms with Gasteiger partial charge in [-0.15, -0.1) is 3.71 Å². The molecule has 400 valence electrons. The van der Waals surface area contributed by atoms with Crippen molar-refractivity contribution in [2.75, 3.05) is 45.4 Å². The summed E-state index contributed by atoms with van der Waals surface area (Å²) in [4.78, 5) is 30.8. The summed E-state index contributed by atoms with van der Waals surface area (Å²) < 4.78 is 169. The SMILES string of the molecule is C.CS(=O)(=O)N(c1nn(CC(F)F)c2c([N+](=O)[O-])ccc(Cl)c12)S(C)(=O)=O.CS(=O)(=O)Nc1nn(CC(F)F)c2c([N+](=O)[O-])ccc(Cl)c12.CS(C)(=O)=O.Nc1nn(CC(F)F)c2c([N+](=O)[O-])ccc(Cl)c12. The number of nitrogen functional groups attached to an aromatic ring is 1. The minimum absolute atomic E-state index is 0. The largest absolute Gasteiger partial charge is 0.382 e. The number of rotatable bonds is 14. The van der Waals surface area contributed by atoms with Crippen molar-refractivity contribution in [3.63, 3.8) is 0 Å². The number of benzene rings is 3. The van der Waals surface area contributed by atoms with Crippen molar-refractivity contribution in [1.29, 1.82) is 0 Å². The predicted molar refractivity (Wildman–Crippen MR) is 255 cm³/mol. The van der Waals surface area contributed by atoms with Gasteiger partial charge >= 0.3 is 0 Å². The Balaban J connectivity index is 0.000000355. The average Bonchev–Trinajstić information content (AvgIpc) is 3.80. The van der Waals surface area contributed by atoms with Crippen LogP contribution in [0.3, 0.4) is 0 Å². The maximum atomic E-state index is 12.8. The first-order valence-corrected chi connectivity index (χ1v) is 27.2. The highest BCUT2D eigenvalue weighted by molar-refractivity contribution is 8.09. The fraction of sp³-hybridized carbons (Fsp3) is 0.364. The van der Waals surface area contributed by atoms with E-state index in [0.717, 1.165) is 47.7 Å². The summed E-state index contributed by atoms with van der Waals surface area (Å²) in [6.45, 7) is -2.86. The number of nitrogens with zero attached hydrogens (tertiary/aromatic N) is 10. The minimum Gasteiger partial charge on any atom is -0.382 e. The number of hydrogen-bond acceptors (Lipinski definition) is 18. The predicted octanol–water partition coefficient (Wildman–Crippen LogP) is 6.57. The molecule has 3 aromatic carbocycles. The van der Waals surface area contributed by atoms with E-state index in [0.29, 0.717) is 21.9 Å². The Morgan fingerprint density at radius 1 is 0.583 bits per heavy atom. The molecule has 0 saturated heterocycles. The van der Waals surface area contributed by atoms with E-state index in [9.17, 15) is 90.4 Å². The Bertz CT molecular complexity index is 3470. The lowest BCUT2D eigenvalue weighted by molar-refractivity contribution is -0.383. The van der Waals surface area contributed by atoms with Gasteiger partial charge in [0.15, 0.2) is 17.5 Å². The van der Waals surface area contributed by atoms with Gasteiger partial charge < -0.3 is 5.73 Å². The molecule has 0 radical (unpaired) electrons. The number of aromatic nitrogens is 6. The van der Waals surface area contributed by atoms with Crippen LogP contribution in [-0.2, 0) is 59.5 Å². The number of hydrogen-bond donors (Lipinski definition) is 2. The number of alkyl halides is 6. The number of halogens is 9. The van der Waals surface area contributed by atoms with Crippen LogP contribution in [-0.4, -0.2) is 128 Å². The topological polar surface area (TPSA) is 361 Å². The van der Waals surface area contributed by atoms with Crippen molar-refractivity contribution in [2.24, 2.45) is 0 Å². The van der Waals surface area contributed by atoms with Crippen LogP contribution in [0.5, 0.6) is 0 Å². The molecule has 0 spiro atoms. The Hall–Kier alpha value is -6.08. The highest BCUT2D eigenvalue weighted by Gasteiger charge is 2.36. The minimum atomic E-state index is -4.48. The zero-order valence-corrected chi connectivity index (χ0v) is 41.7. The van der Waals surface area contributed by atoms with Gasteiger partial charge in [0.05, 0.1) is 64.8 Å². The number of non-ortho nitro benzene ring substituents is 3. The third-order valence-corrected chi connectivity index (χ3v) is 12.7. The van der Waals surface area contributed by atoms with Gasteiger partial charge in [-0.25, -0.2) is 74.1 Å². The van der Waals surface area contributed by atoms with Crippen molar-refractivity contribution < 1.29 is 74.8 Å². The standard InChI is InChI=1S/C11H11ClF2N4O6S2.C10H9ClF2N4O4S.C9H7ClF2N4O2.C2H6O2S.CH4/c1-25(21,22)18(26(2,23)24)11-9-6(12)3-4-7(17(19)20)10(9)16(15-11)5-8(13)14;1-22(20,21)15-10-8-5(11)2-3-6(17(18)19)9(8)16(14-10)4-7(12)13;10-4-1-2-5(16(17)18)8-7(4)9(13)14-15(8)3-6(11)12;1-5(2,3)4;/h3-4,8H,5H2,1-2H3;2-3,7H,4H2,1H3,(H,14,15);1-2,6H,3H2,(H2,13,14);1-2H3;1H4. The normalized spacial score (nSPS) is 11.9. The van der Waals surface area contributed by atoms with Crippen LogP contribution in [0.2, 0.25) is 15.1 Å². The second-order valence-electron chi connectivity index (χ2n) is 14.2. The van der Waals surface area contributed by atoms with E-state index in [1.165, 1.54) is 12.1 Å². The van der Waals surface area contributed by atoms with Gasteiger partial charge in [0.1, 0.15) is 46.0 Å². The van der Waals surface area contributed by atoms with E-state index < -0.39 is 122 Å². The van der Waals surface area contributed by atoms with Crippen molar-refractivity contribution >= 4 is 142 Å². The Morgan fingerprint density at radius 3 is 1.22 bits per heavy atom. The monoisotopic (exact) mass is 1170 g/mol. The molecule has 3 aromatic heterocycles. The van der Waals surface area contributed by atoms with E-state index in [1.807, 2.05) is 4.72 Å². The quantitative estimate of drug-likeness (QED) is 0.0661.